The third kappa shape index (κ3) is 3.83. The van der Waals surface area contributed by atoms with Crippen LogP contribution in [0.2, 0.25) is 0 Å². The van der Waals surface area contributed by atoms with E-state index in [-0.39, 0.29) is 11.8 Å². The smallest absolute Gasteiger partial charge is 0.228 e. The number of piperidine rings is 1. The molecule has 3 heterocycles. The summed E-state index contributed by atoms with van der Waals surface area (Å²) < 4.78 is 0. The molecule has 3 aromatic rings. The minimum absolute atomic E-state index is 0.0784. The number of hydrogen-bond acceptors (Lipinski definition) is 4. The van der Waals surface area contributed by atoms with E-state index < -0.39 is 0 Å². The second-order valence-corrected chi connectivity index (χ2v) is 7.39. The highest BCUT2D eigenvalue weighted by Gasteiger charge is 2.23. The molecule has 1 fully saturated rings. The van der Waals surface area contributed by atoms with Gasteiger partial charge >= 0.3 is 0 Å². The number of benzene rings is 1. The van der Waals surface area contributed by atoms with Crippen molar-refractivity contribution in [3.05, 3.63) is 54.5 Å². The Balaban J connectivity index is 1.54. The van der Waals surface area contributed by atoms with Crippen molar-refractivity contribution in [2.45, 2.75) is 19.8 Å². The summed E-state index contributed by atoms with van der Waals surface area (Å²) >= 11 is 0. The second kappa shape index (κ2) is 7.45. The van der Waals surface area contributed by atoms with Crippen LogP contribution >= 0.6 is 0 Å². The number of carbonyl (C=O) groups is 1. The lowest BCUT2D eigenvalue weighted by atomic mass is 9.96. The zero-order valence-electron chi connectivity index (χ0n) is 15.8. The first-order valence-corrected chi connectivity index (χ1v) is 9.40. The molecule has 1 N–H and O–H groups in total. The Kier molecular flexibility index (Phi) is 4.86. The molecule has 0 atom stereocenters. The van der Waals surface area contributed by atoms with Gasteiger partial charge in [-0.15, -0.1) is 0 Å². The fraction of sp³-hybridized carbons (Fsp3) is 0.318. The SMILES string of the molecule is Cc1ccncc1-c1ccc2cc(NC(=O)C3CCN(C)CC3)ncc2c1. The summed E-state index contributed by atoms with van der Waals surface area (Å²) in [5, 5.41) is 5.11. The number of anilines is 1. The molecule has 138 valence electrons. The standard InChI is InChI=1S/C22H24N4O/c1-15-5-8-23-14-20(15)18-4-3-17-12-21(24-13-19(17)11-18)25-22(27)16-6-9-26(2)10-7-16/h3-5,8,11-14,16H,6-7,9-10H2,1-2H3,(H,24,25,27). The normalized spacial score (nSPS) is 15.8. The van der Waals surface area contributed by atoms with Gasteiger partial charge < -0.3 is 10.2 Å². The zero-order valence-corrected chi connectivity index (χ0v) is 15.8. The first-order chi connectivity index (χ1) is 13.1. The molecule has 1 aliphatic rings. The molecule has 0 unspecified atom stereocenters. The molecular formula is C22H24N4O. The van der Waals surface area contributed by atoms with Gasteiger partial charge in [-0.1, -0.05) is 12.1 Å². The molecule has 1 aromatic carbocycles. The highest BCUT2D eigenvalue weighted by molar-refractivity contribution is 5.95. The molecule has 0 spiro atoms. The number of amides is 1. The van der Waals surface area contributed by atoms with Gasteiger partial charge in [0.05, 0.1) is 0 Å². The lowest BCUT2D eigenvalue weighted by Crippen LogP contribution is -2.36. The summed E-state index contributed by atoms with van der Waals surface area (Å²) in [5.41, 5.74) is 3.44. The number of likely N-dealkylation sites (tertiary alicyclic amines) is 1. The Bertz CT molecular complexity index is 977. The quantitative estimate of drug-likeness (QED) is 0.770. The van der Waals surface area contributed by atoms with Gasteiger partial charge in [0.15, 0.2) is 0 Å². The highest BCUT2D eigenvalue weighted by atomic mass is 16.1. The van der Waals surface area contributed by atoms with Gasteiger partial charge in [0.1, 0.15) is 5.82 Å². The molecule has 4 rings (SSSR count). The van der Waals surface area contributed by atoms with E-state index in [0.717, 1.165) is 47.8 Å². The number of aromatic nitrogens is 2. The van der Waals surface area contributed by atoms with Gasteiger partial charge in [0.2, 0.25) is 5.91 Å². The molecule has 1 amide bonds. The molecule has 0 aliphatic carbocycles. The number of hydrogen-bond donors (Lipinski definition) is 1. The van der Waals surface area contributed by atoms with Crippen LogP contribution in [0.3, 0.4) is 0 Å². The fourth-order valence-electron chi connectivity index (χ4n) is 3.64. The molecule has 0 radical (unpaired) electrons. The summed E-state index contributed by atoms with van der Waals surface area (Å²) in [5.74, 6) is 0.781. The maximum Gasteiger partial charge on any atom is 0.228 e. The van der Waals surface area contributed by atoms with Gasteiger partial charge in [-0.3, -0.25) is 9.78 Å². The van der Waals surface area contributed by atoms with Crippen LogP contribution in [0.5, 0.6) is 0 Å². The minimum atomic E-state index is 0.0784. The Morgan fingerprint density at radius 2 is 1.93 bits per heavy atom. The van der Waals surface area contributed by atoms with Gasteiger partial charge in [0.25, 0.3) is 0 Å². The minimum Gasteiger partial charge on any atom is -0.310 e. The highest BCUT2D eigenvalue weighted by Crippen LogP contribution is 2.27. The lowest BCUT2D eigenvalue weighted by molar-refractivity contribution is -0.121. The van der Waals surface area contributed by atoms with Crippen LogP contribution in [0.1, 0.15) is 18.4 Å². The number of aryl methyl sites for hydroxylation is 1. The van der Waals surface area contributed by atoms with Crippen LogP contribution in [0.4, 0.5) is 5.82 Å². The second-order valence-electron chi connectivity index (χ2n) is 7.39. The van der Waals surface area contributed by atoms with Gasteiger partial charge in [-0.25, -0.2) is 4.98 Å². The average Bonchev–Trinajstić information content (AvgIpc) is 2.68. The summed E-state index contributed by atoms with van der Waals surface area (Å²) in [6, 6.07) is 10.2. The van der Waals surface area contributed by atoms with Crippen molar-refractivity contribution in [2.24, 2.45) is 5.92 Å². The summed E-state index contributed by atoms with van der Waals surface area (Å²) in [7, 11) is 2.10. The molecule has 5 nitrogen and oxygen atoms in total. The van der Waals surface area contributed by atoms with Crippen molar-refractivity contribution in [1.82, 2.24) is 14.9 Å². The van der Waals surface area contributed by atoms with E-state index in [0.29, 0.717) is 5.82 Å². The number of pyridine rings is 2. The van der Waals surface area contributed by atoms with E-state index in [1.165, 1.54) is 5.56 Å². The predicted octanol–water partition coefficient (Wildman–Crippen LogP) is 3.89. The van der Waals surface area contributed by atoms with Crippen molar-refractivity contribution in [3.8, 4) is 11.1 Å². The molecule has 27 heavy (non-hydrogen) atoms. The molecule has 0 bridgehead atoms. The molecule has 5 heteroatoms. The third-order valence-corrected chi connectivity index (χ3v) is 5.41. The maximum atomic E-state index is 12.5. The first kappa shape index (κ1) is 17.6. The Hall–Kier alpha value is -2.79. The Morgan fingerprint density at radius 1 is 1.11 bits per heavy atom. The lowest BCUT2D eigenvalue weighted by Gasteiger charge is -2.27. The van der Waals surface area contributed by atoms with E-state index in [9.17, 15) is 4.79 Å². The van der Waals surface area contributed by atoms with Crippen LogP contribution in [0.15, 0.2) is 48.9 Å². The van der Waals surface area contributed by atoms with E-state index in [1.54, 1.807) is 6.20 Å². The molecule has 1 aliphatic heterocycles. The molecule has 2 aromatic heterocycles. The number of rotatable bonds is 3. The average molecular weight is 360 g/mol. The summed E-state index contributed by atoms with van der Waals surface area (Å²) in [6.45, 7) is 4.03. The van der Waals surface area contributed by atoms with Gasteiger partial charge in [-0.2, -0.15) is 0 Å². The summed E-state index contributed by atoms with van der Waals surface area (Å²) in [6.07, 6.45) is 7.34. The molecule has 1 saturated heterocycles. The van der Waals surface area contributed by atoms with Crippen molar-refractivity contribution < 1.29 is 4.79 Å². The third-order valence-electron chi connectivity index (χ3n) is 5.41. The van der Waals surface area contributed by atoms with Crippen molar-refractivity contribution in [2.75, 3.05) is 25.5 Å². The largest absolute Gasteiger partial charge is 0.310 e. The van der Waals surface area contributed by atoms with Gasteiger partial charge in [0, 0.05) is 35.5 Å². The molecule has 0 saturated carbocycles. The number of nitrogens with one attached hydrogen (secondary N) is 1. The Labute approximate surface area is 159 Å². The predicted molar refractivity (Wildman–Crippen MR) is 109 cm³/mol. The van der Waals surface area contributed by atoms with Crippen molar-refractivity contribution in [3.63, 3.8) is 0 Å². The van der Waals surface area contributed by atoms with Crippen molar-refractivity contribution >= 4 is 22.5 Å². The topological polar surface area (TPSA) is 58.1 Å². The van der Waals surface area contributed by atoms with Crippen LogP contribution in [-0.2, 0) is 4.79 Å². The number of carbonyl (C=O) groups excluding carboxylic acids is 1. The van der Waals surface area contributed by atoms with E-state index >= 15 is 0 Å². The van der Waals surface area contributed by atoms with Gasteiger partial charge in [-0.05, 0) is 74.6 Å². The van der Waals surface area contributed by atoms with Crippen LogP contribution in [-0.4, -0.2) is 40.9 Å². The van der Waals surface area contributed by atoms with Crippen molar-refractivity contribution in [1.29, 1.82) is 0 Å². The van der Waals surface area contributed by atoms with Crippen LogP contribution in [0, 0.1) is 12.8 Å². The summed E-state index contributed by atoms with van der Waals surface area (Å²) in [4.78, 5) is 23.5. The monoisotopic (exact) mass is 360 g/mol. The maximum absolute atomic E-state index is 12.5. The molecular weight excluding hydrogens is 336 g/mol. The Morgan fingerprint density at radius 3 is 2.70 bits per heavy atom. The van der Waals surface area contributed by atoms with E-state index in [4.69, 9.17) is 0 Å². The van der Waals surface area contributed by atoms with E-state index in [1.807, 2.05) is 24.5 Å². The fourth-order valence-corrected chi connectivity index (χ4v) is 3.64. The zero-order chi connectivity index (χ0) is 18.8. The van der Waals surface area contributed by atoms with E-state index in [2.05, 4.69) is 52.4 Å². The number of fused-ring (bicyclic) bond motifs is 1. The number of nitrogens with zero attached hydrogens (tertiary/aromatic N) is 3. The first-order valence-electron chi connectivity index (χ1n) is 9.40. The van der Waals surface area contributed by atoms with Crippen LogP contribution in [0.25, 0.3) is 21.9 Å². The van der Waals surface area contributed by atoms with Crippen LogP contribution < -0.4 is 5.32 Å².